The second-order valence-corrected chi connectivity index (χ2v) is 6.48. The molecule has 0 aliphatic heterocycles. The lowest BCUT2D eigenvalue weighted by molar-refractivity contribution is -0.125. The van der Waals surface area contributed by atoms with Gasteiger partial charge < -0.3 is 21.1 Å². The highest BCUT2D eigenvalue weighted by Crippen LogP contribution is 2.23. The maximum absolute atomic E-state index is 11.9. The molecule has 138 valence electrons. The molecule has 0 heterocycles. The first kappa shape index (κ1) is 19.5. The third-order valence-corrected chi connectivity index (χ3v) is 3.81. The molecule has 6 nitrogen and oxygen atoms in total. The van der Waals surface area contributed by atoms with Gasteiger partial charge in [-0.15, -0.1) is 0 Å². The zero-order chi connectivity index (χ0) is 19.1. The van der Waals surface area contributed by atoms with Gasteiger partial charge in [0.2, 0.25) is 11.8 Å². The van der Waals surface area contributed by atoms with Gasteiger partial charge in [-0.3, -0.25) is 9.59 Å². The summed E-state index contributed by atoms with van der Waals surface area (Å²) in [7, 11) is 0. The van der Waals surface area contributed by atoms with Gasteiger partial charge in [0.25, 0.3) is 0 Å². The van der Waals surface area contributed by atoms with E-state index in [-0.39, 0.29) is 24.3 Å². The van der Waals surface area contributed by atoms with E-state index in [0.29, 0.717) is 11.4 Å². The number of amides is 2. The molecular weight excluding hydrogens is 330 g/mol. The van der Waals surface area contributed by atoms with Gasteiger partial charge in [0.1, 0.15) is 11.5 Å². The number of carbonyl (C=O) groups is 2. The Kier molecular flexibility index (Phi) is 6.74. The number of rotatable bonds is 7. The first-order valence-corrected chi connectivity index (χ1v) is 8.53. The Morgan fingerprint density at radius 3 is 2.38 bits per heavy atom. The van der Waals surface area contributed by atoms with Crippen molar-refractivity contribution in [3.63, 3.8) is 0 Å². The molecule has 2 aromatic carbocycles. The van der Waals surface area contributed by atoms with Crippen molar-refractivity contribution in [2.75, 3.05) is 11.9 Å². The number of ether oxygens (including phenoxy) is 1. The molecule has 0 unspecified atom stereocenters. The molecule has 2 aromatic rings. The van der Waals surface area contributed by atoms with E-state index in [4.69, 9.17) is 10.5 Å². The van der Waals surface area contributed by atoms with E-state index in [1.807, 2.05) is 45.0 Å². The van der Waals surface area contributed by atoms with Crippen LogP contribution in [0.25, 0.3) is 0 Å². The van der Waals surface area contributed by atoms with Gasteiger partial charge in [-0.05, 0) is 54.8 Å². The Bertz CT molecular complexity index is 757. The predicted molar refractivity (Wildman–Crippen MR) is 102 cm³/mol. The molecule has 0 saturated heterocycles. The maximum Gasteiger partial charge on any atom is 0.243 e. The Morgan fingerprint density at radius 2 is 1.77 bits per heavy atom. The first-order chi connectivity index (χ1) is 12.3. The van der Waals surface area contributed by atoms with Crippen LogP contribution in [0.1, 0.15) is 19.4 Å². The minimum absolute atomic E-state index is 0.0130. The lowest BCUT2D eigenvalue weighted by atomic mass is 10.1. The fraction of sp³-hybridized carbons (Fsp3) is 0.300. The summed E-state index contributed by atoms with van der Waals surface area (Å²) in [6, 6.07) is 14.1. The van der Waals surface area contributed by atoms with Crippen LogP contribution in [0.2, 0.25) is 0 Å². The van der Waals surface area contributed by atoms with Crippen LogP contribution in [0.5, 0.6) is 11.5 Å². The van der Waals surface area contributed by atoms with E-state index in [1.165, 1.54) is 0 Å². The topological polar surface area (TPSA) is 93.5 Å². The molecule has 0 aliphatic rings. The predicted octanol–water partition coefficient (Wildman–Crippen LogP) is 2.83. The quantitative estimate of drug-likeness (QED) is 0.712. The average Bonchev–Trinajstić information content (AvgIpc) is 2.60. The van der Waals surface area contributed by atoms with E-state index in [1.54, 1.807) is 24.3 Å². The summed E-state index contributed by atoms with van der Waals surface area (Å²) in [5.41, 5.74) is 7.47. The fourth-order valence-electron chi connectivity index (χ4n) is 2.21. The molecule has 0 aliphatic carbocycles. The van der Waals surface area contributed by atoms with Crippen molar-refractivity contribution in [2.45, 2.75) is 26.8 Å². The number of hydrogen-bond donors (Lipinski definition) is 3. The number of aryl methyl sites for hydroxylation is 1. The normalized spacial score (nSPS) is 11.7. The van der Waals surface area contributed by atoms with Gasteiger partial charge in [0.15, 0.2) is 0 Å². The van der Waals surface area contributed by atoms with Crippen LogP contribution < -0.4 is 21.1 Å². The van der Waals surface area contributed by atoms with Crippen LogP contribution in [0, 0.1) is 12.8 Å². The summed E-state index contributed by atoms with van der Waals surface area (Å²) in [5.74, 6) is 0.786. The van der Waals surface area contributed by atoms with Crippen LogP contribution >= 0.6 is 0 Å². The fourth-order valence-corrected chi connectivity index (χ4v) is 2.21. The lowest BCUT2D eigenvalue weighted by Crippen LogP contribution is -2.46. The molecule has 0 bridgehead atoms. The third-order valence-electron chi connectivity index (χ3n) is 3.81. The van der Waals surface area contributed by atoms with E-state index < -0.39 is 6.04 Å². The van der Waals surface area contributed by atoms with Crippen molar-refractivity contribution >= 4 is 17.5 Å². The molecule has 2 amide bonds. The van der Waals surface area contributed by atoms with E-state index in [2.05, 4.69) is 10.6 Å². The van der Waals surface area contributed by atoms with Gasteiger partial charge in [-0.2, -0.15) is 0 Å². The number of anilines is 1. The number of benzene rings is 2. The van der Waals surface area contributed by atoms with E-state index >= 15 is 0 Å². The number of nitrogens with two attached hydrogens (primary N) is 1. The lowest BCUT2D eigenvalue weighted by Gasteiger charge is -2.15. The summed E-state index contributed by atoms with van der Waals surface area (Å²) in [4.78, 5) is 23.7. The SMILES string of the molecule is Cc1cccc(Oc2ccc(NC(=O)CNC(=O)[C@@H](N)C(C)C)cc2)c1. The summed E-state index contributed by atoms with van der Waals surface area (Å²) < 4.78 is 5.76. The molecule has 4 N–H and O–H groups in total. The molecule has 2 rings (SSSR count). The second-order valence-electron chi connectivity index (χ2n) is 6.48. The van der Waals surface area contributed by atoms with E-state index in [9.17, 15) is 9.59 Å². The van der Waals surface area contributed by atoms with Crippen molar-refractivity contribution in [3.05, 3.63) is 54.1 Å². The molecule has 0 fully saturated rings. The smallest absolute Gasteiger partial charge is 0.243 e. The van der Waals surface area contributed by atoms with Gasteiger partial charge >= 0.3 is 0 Å². The highest BCUT2D eigenvalue weighted by Gasteiger charge is 2.17. The minimum Gasteiger partial charge on any atom is -0.457 e. The van der Waals surface area contributed by atoms with Gasteiger partial charge in [0, 0.05) is 5.69 Å². The Hall–Kier alpha value is -2.86. The molecule has 0 spiro atoms. The standard InChI is InChI=1S/C20H25N3O3/c1-13(2)19(21)20(25)22-12-18(24)23-15-7-9-16(10-8-15)26-17-6-4-5-14(3)11-17/h4-11,13,19H,12,21H2,1-3H3,(H,22,25)(H,23,24)/t19-/m0/s1. The summed E-state index contributed by atoms with van der Waals surface area (Å²) >= 11 is 0. The highest BCUT2D eigenvalue weighted by molar-refractivity contribution is 5.95. The Balaban J connectivity index is 1.84. The van der Waals surface area contributed by atoms with Crippen LogP contribution in [-0.4, -0.2) is 24.4 Å². The average molecular weight is 355 g/mol. The molecule has 0 radical (unpaired) electrons. The third kappa shape index (κ3) is 5.89. The van der Waals surface area contributed by atoms with Crippen LogP contribution in [0.3, 0.4) is 0 Å². The van der Waals surface area contributed by atoms with Crippen molar-refractivity contribution in [1.82, 2.24) is 5.32 Å². The minimum atomic E-state index is -0.624. The first-order valence-electron chi connectivity index (χ1n) is 8.53. The van der Waals surface area contributed by atoms with Gasteiger partial charge in [-0.25, -0.2) is 0 Å². The van der Waals surface area contributed by atoms with Crippen LogP contribution in [0.15, 0.2) is 48.5 Å². The van der Waals surface area contributed by atoms with Crippen LogP contribution in [-0.2, 0) is 9.59 Å². The Labute approximate surface area is 153 Å². The highest BCUT2D eigenvalue weighted by atomic mass is 16.5. The maximum atomic E-state index is 11.9. The molecule has 0 aromatic heterocycles. The van der Waals surface area contributed by atoms with Gasteiger partial charge in [-0.1, -0.05) is 26.0 Å². The van der Waals surface area contributed by atoms with Crippen molar-refractivity contribution in [2.24, 2.45) is 11.7 Å². The van der Waals surface area contributed by atoms with Gasteiger partial charge in [0.05, 0.1) is 12.6 Å². The molecule has 26 heavy (non-hydrogen) atoms. The molecule has 0 saturated carbocycles. The largest absolute Gasteiger partial charge is 0.457 e. The number of hydrogen-bond acceptors (Lipinski definition) is 4. The molecule has 1 atom stereocenters. The van der Waals surface area contributed by atoms with Crippen molar-refractivity contribution < 1.29 is 14.3 Å². The zero-order valence-corrected chi connectivity index (χ0v) is 15.3. The number of carbonyl (C=O) groups excluding carboxylic acids is 2. The monoisotopic (exact) mass is 355 g/mol. The molecular formula is C20H25N3O3. The summed E-state index contributed by atoms with van der Waals surface area (Å²) in [5, 5.41) is 5.25. The second kappa shape index (κ2) is 9.01. The summed E-state index contributed by atoms with van der Waals surface area (Å²) in [6.45, 7) is 5.58. The van der Waals surface area contributed by atoms with Crippen molar-refractivity contribution in [3.8, 4) is 11.5 Å². The van der Waals surface area contributed by atoms with E-state index in [0.717, 1.165) is 11.3 Å². The van der Waals surface area contributed by atoms with Crippen LogP contribution in [0.4, 0.5) is 5.69 Å². The Morgan fingerprint density at radius 1 is 1.08 bits per heavy atom. The molecule has 6 heteroatoms. The zero-order valence-electron chi connectivity index (χ0n) is 15.3. The van der Waals surface area contributed by atoms with Crippen molar-refractivity contribution in [1.29, 1.82) is 0 Å². The number of nitrogens with one attached hydrogen (secondary N) is 2. The summed E-state index contributed by atoms with van der Waals surface area (Å²) in [6.07, 6.45) is 0.